The van der Waals surface area contributed by atoms with Crippen LogP contribution < -0.4 is 16.1 Å². The van der Waals surface area contributed by atoms with Gasteiger partial charge in [-0.15, -0.1) is 0 Å². The van der Waals surface area contributed by atoms with E-state index in [0.29, 0.717) is 54.2 Å². The van der Waals surface area contributed by atoms with Gasteiger partial charge in [0, 0.05) is 24.2 Å². The number of likely N-dealkylation sites (tertiary alicyclic amines) is 2. The number of rotatable bonds is 11. The first-order chi connectivity index (χ1) is 29.4. The zero-order chi connectivity index (χ0) is 44.2. The quantitative estimate of drug-likeness (QED) is 0.0955. The van der Waals surface area contributed by atoms with E-state index in [1.807, 2.05) is 37.9 Å². The summed E-state index contributed by atoms with van der Waals surface area (Å²) in [5.74, 6) is 0.874. The molecule has 0 radical (unpaired) electrons. The van der Waals surface area contributed by atoms with E-state index in [4.69, 9.17) is 9.21 Å². The minimum Gasteiger partial charge on any atom is -0.502 e. The summed E-state index contributed by atoms with van der Waals surface area (Å²) in [5.41, 5.74) is 3.16. The first-order valence-electron chi connectivity index (χ1n) is 20.5. The van der Waals surface area contributed by atoms with E-state index in [2.05, 4.69) is 53.9 Å². The van der Waals surface area contributed by atoms with Gasteiger partial charge in [-0.3, -0.25) is 19.2 Å². The lowest BCUT2D eigenvalue weighted by Gasteiger charge is -2.29. The molecule has 17 heteroatoms. The third-order valence-electron chi connectivity index (χ3n) is 10.5. The number of carbonyl (C=O) groups excluding carboxylic acids is 4. The highest BCUT2D eigenvalue weighted by Crippen LogP contribution is 2.36. The number of methoxy groups -OCH3 is 2. The molecule has 2 aliphatic heterocycles. The van der Waals surface area contributed by atoms with Crippen LogP contribution in [-0.2, 0) is 23.9 Å². The minimum absolute atomic E-state index is 0.0537. The number of hydrogen-bond donors (Lipinski definition) is 5. The van der Waals surface area contributed by atoms with Gasteiger partial charge in [0.05, 0.1) is 61.5 Å². The fourth-order valence-electron chi connectivity index (χ4n) is 7.56. The Kier molecular flexibility index (Phi) is 15.8. The molecule has 3 amide bonds. The number of carbonyl (C=O) groups is 4. The molecule has 3 aromatic heterocycles. The van der Waals surface area contributed by atoms with E-state index >= 15 is 0 Å². The average Bonchev–Trinajstić information content (AvgIpc) is 4.11. The van der Waals surface area contributed by atoms with Crippen molar-refractivity contribution in [2.45, 2.75) is 77.9 Å². The fraction of sp³-hybridized carbons (Fsp3) is 0.432. The number of nitrogens with one attached hydrogen (secondary N) is 4. The summed E-state index contributed by atoms with van der Waals surface area (Å²) in [7, 11) is 4.36. The number of H-pyrrole nitrogens is 2. The molecule has 5 N–H and O–H groups in total. The SMILES string of the molecule is CCC.CN[C@H](C(=O)N1CCC[C@H]1c1ncc(-c2ccc(-c3oc4ccc(-c5cnc([C@@H]6CCCN6C(=O)CNC(=O)OC)[nH]5)cc4c(=O)c3O)cc2)[nH]1)C(C)C.COC=O. The summed E-state index contributed by atoms with van der Waals surface area (Å²) in [6.45, 7) is 9.73. The van der Waals surface area contributed by atoms with E-state index in [9.17, 15) is 24.3 Å². The highest BCUT2D eigenvalue weighted by Gasteiger charge is 2.36. The maximum absolute atomic E-state index is 13.5. The Bertz CT molecular complexity index is 2330. The predicted molar refractivity (Wildman–Crippen MR) is 229 cm³/mol. The normalized spacial score (nSPS) is 16.3. The van der Waals surface area contributed by atoms with Crippen molar-refractivity contribution in [2.75, 3.05) is 40.9 Å². The lowest BCUT2D eigenvalue weighted by atomic mass is 10.0. The summed E-state index contributed by atoms with van der Waals surface area (Å²) >= 11 is 0. The number of amides is 3. The summed E-state index contributed by atoms with van der Waals surface area (Å²) in [5, 5.41) is 16.8. The maximum atomic E-state index is 13.5. The Balaban J connectivity index is 0.000000938. The maximum Gasteiger partial charge on any atom is 0.407 e. The first-order valence-corrected chi connectivity index (χ1v) is 20.5. The summed E-state index contributed by atoms with van der Waals surface area (Å²) in [6, 6.07) is 11.7. The number of ether oxygens (including phenoxy) is 2. The van der Waals surface area contributed by atoms with Crippen molar-refractivity contribution in [3.8, 4) is 39.6 Å². The third-order valence-corrected chi connectivity index (χ3v) is 10.5. The number of alkyl carbamates (subject to hydrolysis) is 1. The topological polar surface area (TPSA) is 225 Å². The van der Waals surface area contributed by atoms with Crippen LogP contribution in [0, 0.1) is 5.92 Å². The largest absolute Gasteiger partial charge is 0.502 e. The van der Waals surface area contributed by atoms with Crippen LogP contribution in [0.3, 0.4) is 0 Å². The highest BCUT2D eigenvalue weighted by atomic mass is 16.5. The first kappa shape index (κ1) is 45.6. The monoisotopic (exact) mass is 840 g/mol. The van der Waals surface area contributed by atoms with Crippen molar-refractivity contribution < 1.29 is 38.2 Å². The molecule has 0 bridgehead atoms. The zero-order valence-electron chi connectivity index (χ0n) is 35.7. The van der Waals surface area contributed by atoms with Gasteiger partial charge in [-0.25, -0.2) is 14.8 Å². The Morgan fingerprint density at radius 1 is 0.918 bits per heavy atom. The predicted octanol–water partition coefficient (Wildman–Crippen LogP) is 6.08. The number of aromatic amines is 2. The van der Waals surface area contributed by atoms with E-state index < -0.39 is 17.3 Å². The van der Waals surface area contributed by atoms with Gasteiger partial charge in [-0.05, 0) is 62.4 Å². The molecule has 0 aliphatic carbocycles. The molecule has 0 spiro atoms. The van der Waals surface area contributed by atoms with Crippen LogP contribution in [0.1, 0.15) is 83.5 Å². The second kappa shape index (κ2) is 21.2. The summed E-state index contributed by atoms with van der Waals surface area (Å²) < 4.78 is 14.5. The van der Waals surface area contributed by atoms with E-state index in [-0.39, 0.29) is 53.5 Å². The number of benzene rings is 2. The summed E-state index contributed by atoms with van der Waals surface area (Å²) in [4.78, 5) is 79.5. The molecular formula is C44H56N8O9. The van der Waals surface area contributed by atoms with Gasteiger partial charge in [-0.2, -0.15) is 0 Å². The number of aromatic hydroxyl groups is 1. The van der Waals surface area contributed by atoms with Gasteiger partial charge >= 0.3 is 6.09 Å². The Morgan fingerprint density at radius 2 is 1.46 bits per heavy atom. The highest BCUT2D eigenvalue weighted by molar-refractivity contribution is 5.86. The number of hydrogen-bond acceptors (Lipinski definition) is 12. The number of imidazole rings is 2. The van der Waals surface area contributed by atoms with E-state index in [1.54, 1.807) is 47.6 Å². The van der Waals surface area contributed by atoms with Gasteiger partial charge < -0.3 is 49.4 Å². The second-order valence-corrected chi connectivity index (χ2v) is 15.1. The van der Waals surface area contributed by atoms with Crippen molar-refractivity contribution >= 4 is 35.3 Å². The molecule has 326 valence electrons. The molecule has 2 aromatic carbocycles. The molecular weight excluding hydrogens is 785 g/mol. The van der Waals surface area contributed by atoms with Gasteiger partial charge in [0.15, 0.2) is 5.76 Å². The van der Waals surface area contributed by atoms with Crippen molar-refractivity contribution in [3.63, 3.8) is 0 Å². The van der Waals surface area contributed by atoms with Gasteiger partial charge in [0.1, 0.15) is 23.8 Å². The van der Waals surface area contributed by atoms with Crippen LogP contribution in [-0.4, -0.2) is 106 Å². The zero-order valence-corrected chi connectivity index (χ0v) is 35.7. The van der Waals surface area contributed by atoms with Crippen molar-refractivity contribution in [2.24, 2.45) is 5.92 Å². The molecule has 0 unspecified atom stereocenters. The molecule has 5 aromatic rings. The van der Waals surface area contributed by atoms with Crippen LogP contribution in [0.5, 0.6) is 5.75 Å². The molecule has 5 heterocycles. The third kappa shape index (κ3) is 10.5. The van der Waals surface area contributed by atoms with Crippen LogP contribution in [0.25, 0.3) is 44.8 Å². The Labute approximate surface area is 354 Å². The fourth-order valence-corrected chi connectivity index (χ4v) is 7.56. The Morgan fingerprint density at radius 3 is 2.02 bits per heavy atom. The lowest BCUT2D eigenvalue weighted by Crippen LogP contribution is -2.47. The number of likely N-dealkylation sites (N-methyl/N-ethyl adjacent to an activating group) is 1. The molecule has 2 fully saturated rings. The number of fused-ring (bicyclic) bond motifs is 1. The lowest BCUT2D eigenvalue weighted by molar-refractivity contribution is -0.135. The van der Waals surface area contributed by atoms with Gasteiger partial charge in [-0.1, -0.05) is 58.4 Å². The van der Waals surface area contributed by atoms with Gasteiger partial charge in [0.25, 0.3) is 6.47 Å². The van der Waals surface area contributed by atoms with Crippen LogP contribution in [0.2, 0.25) is 0 Å². The second-order valence-electron chi connectivity index (χ2n) is 15.1. The summed E-state index contributed by atoms with van der Waals surface area (Å²) in [6.07, 6.45) is 7.20. The van der Waals surface area contributed by atoms with Crippen molar-refractivity contribution in [3.05, 3.63) is 76.7 Å². The molecule has 2 aliphatic rings. The minimum atomic E-state index is -0.678. The molecule has 2 saturated heterocycles. The standard InChI is InChI=1S/C39H44N8O7.C3H8.C2H4O2/c1-21(2)32(40-3)38(51)47-16-6-8-29(47)37-41-18-26(44-37)22-9-11-23(12-10-22)35-34(50)33(49)25-17-24(13-14-30(25)54-35)27-19-42-36(45-27)28-7-5-15-46(28)31(48)20-43-39(52)53-4;1-3-2;1-4-2-3/h9-14,17-19,21,28-29,32,40,50H,5-8,15-16,20H2,1-4H3,(H,41,44)(H,42,45)(H,43,52);3H2,1-2H3;2H,1H3/t28-,29-,32-;;/m0../s1. The van der Waals surface area contributed by atoms with Crippen molar-refractivity contribution in [1.29, 1.82) is 0 Å². The molecule has 17 nitrogen and oxygen atoms in total. The molecule has 61 heavy (non-hydrogen) atoms. The smallest absolute Gasteiger partial charge is 0.407 e. The van der Waals surface area contributed by atoms with Crippen LogP contribution in [0.15, 0.2) is 64.1 Å². The number of nitrogens with zero attached hydrogens (tertiary/aromatic N) is 4. The number of aromatic nitrogens is 4. The van der Waals surface area contributed by atoms with E-state index in [0.717, 1.165) is 36.3 Å². The van der Waals surface area contributed by atoms with Crippen LogP contribution >= 0.6 is 0 Å². The molecule has 7 rings (SSSR count). The molecule has 0 saturated carbocycles. The van der Waals surface area contributed by atoms with Crippen molar-refractivity contribution in [1.82, 2.24) is 40.4 Å². The average molecular weight is 841 g/mol. The van der Waals surface area contributed by atoms with Gasteiger partial charge in [0.2, 0.25) is 23.0 Å². The molecule has 3 atom stereocenters. The van der Waals surface area contributed by atoms with Crippen LogP contribution in [0.4, 0.5) is 4.79 Å². The Hall–Kier alpha value is -6.49. The van der Waals surface area contributed by atoms with E-state index in [1.165, 1.54) is 20.6 Å².